The summed E-state index contributed by atoms with van der Waals surface area (Å²) in [6.45, 7) is 19.9. The molecule has 0 atom stereocenters. The van der Waals surface area contributed by atoms with E-state index in [9.17, 15) is 0 Å². The van der Waals surface area contributed by atoms with Gasteiger partial charge in [0.15, 0.2) is 0 Å². The van der Waals surface area contributed by atoms with Gasteiger partial charge in [0.05, 0.1) is 0 Å². The van der Waals surface area contributed by atoms with Crippen LogP contribution in [0.1, 0.15) is 254 Å². The van der Waals surface area contributed by atoms with Crippen molar-refractivity contribution in [3.8, 4) is 0 Å². The molecule has 4 aromatic carbocycles. The number of hydrogen-bond acceptors (Lipinski definition) is 9. The molecule has 3 nitrogen and oxygen atoms in total. The molecular formula is C67H112O3S6Si. The molecule has 0 heterocycles. The van der Waals surface area contributed by atoms with Crippen molar-refractivity contribution in [3.05, 3.63) is 36.4 Å². The lowest BCUT2D eigenvalue weighted by atomic mass is 9.94. The molecule has 0 spiro atoms. The number of hydrogen-bond donors (Lipinski definition) is 0. The van der Waals surface area contributed by atoms with Crippen LogP contribution in [0.2, 0.25) is 6.04 Å². The maximum absolute atomic E-state index is 6.04. The van der Waals surface area contributed by atoms with Gasteiger partial charge in [-0.25, -0.2) is 0 Å². The van der Waals surface area contributed by atoms with Crippen LogP contribution in [-0.4, -0.2) is 63.1 Å². The van der Waals surface area contributed by atoms with Gasteiger partial charge in [-0.2, -0.15) is 0 Å². The molecule has 4 rings (SSSR count). The topological polar surface area (TPSA) is 27.7 Å². The Hall–Kier alpha value is -0.143. The van der Waals surface area contributed by atoms with Crippen LogP contribution < -0.4 is 0 Å². The maximum Gasteiger partial charge on any atom is 0.500 e. The van der Waals surface area contributed by atoms with Crippen LogP contribution in [0.3, 0.4) is 0 Å². The van der Waals surface area contributed by atoms with Crippen molar-refractivity contribution in [2.75, 3.05) is 54.3 Å². The minimum absolute atomic E-state index is 0.675. The van der Waals surface area contributed by atoms with E-state index in [1.165, 1.54) is 289 Å². The third kappa shape index (κ3) is 26.5. The van der Waals surface area contributed by atoms with Crippen molar-refractivity contribution in [2.45, 2.75) is 290 Å². The van der Waals surface area contributed by atoms with E-state index in [1.54, 1.807) is 0 Å². The molecule has 0 N–H and O–H groups in total. The minimum atomic E-state index is -2.47. The van der Waals surface area contributed by atoms with Gasteiger partial charge < -0.3 is 13.3 Å². The second kappa shape index (κ2) is 44.4. The maximum atomic E-state index is 6.04. The van der Waals surface area contributed by atoms with Crippen molar-refractivity contribution in [1.29, 1.82) is 0 Å². The molecule has 0 saturated carbocycles. The largest absolute Gasteiger partial charge is 0.500 e. The molecular weight excluding hydrogens is 1070 g/mol. The van der Waals surface area contributed by atoms with Crippen molar-refractivity contribution >= 4 is 112 Å². The first-order valence-electron chi connectivity index (χ1n) is 32.2. The summed E-state index contributed by atoms with van der Waals surface area (Å²) < 4.78 is 18.1. The number of benzene rings is 4. The lowest BCUT2D eigenvalue weighted by Crippen LogP contribution is -2.45. The molecule has 0 radical (unpaired) electrons. The SMILES string of the molecule is CCCCCSc1cc2c3cc(SCCCCC)c(SCCCCC)cc3c3cc(SCCCCCCCCCCCCCCCCCC[Si](OCC)(OCC)OCC)c(SCCCCC)cc3c2cc1SCCCCC. The average Bonchev–Trinajstić information content (AvgIpc) is 3.45. The number of thioether (sulfide) groups is 6. The quantitative estimate of drug-likeness (QED) is 0.0186. The fourth-order valence-corrected chi connectivity index (χ4v) is 20.0. The van der Waals surface area contributed by atoms with E-state index in [4.69, 9.17) is 13.3 Å². The van der Waals surface area contributed by atoms with Crippen molar-refractivity contribution in [2.24, 2.45) is 0 Å². The van der Waals surface area contributed by atoms with Crippen LogP contribution >= 0.6 is 70.6 Å². The second-order valence-corrected chi connectivity index (χ2v) is 31.1. The number of fused-ring (bicyclic) bond motifs is 6. The third-order valence-electron chi connectivity index (χ3n) is 14.9. The Bertz CT molecular complexity index is 2070. The Kier molecular flexibility index (Phi) is 40.0. The van der Waals surface area contributed by atoms with Gasteiger partial charge in [-0.05, 0) is 169 Å². The van der Waals surface area contributed by atoms with Gasteiger partial charge in [0.1, 0.15) is 0 Å². The molecule has 0 aliphatic heterocycles. The van der Waals surface area contributed by atoms with Gasteiger partial charge in [0.2, 0.25) is 0 Å². The molecule has 0 aliphatic carbocycles. The van der Waals surface area contributed by atoms with E-state index in [1.807, 2.05) is 0 Å². The Labute approximate surface area is 501 Å². The average molecular weight is 1190 g/mol. The Morgan fingerprint density at radius 2 is 0.429 bits per heavy atom. The number of unbranched alkanes of at least 4 members (excludes halogenated alkanes) is 25. The van der Waals surface area contributed by atoms with Crippen LogP contribution in [0.15, 0.2) is 65.8 Å². The fraction of sp³-hybridized carbons (Fsp3) is 0.731. The zero-order chi connectivity index (χ0) is 55.0. The highest BCUT2D eigenvalue weighted by molar-refractivity contribution is 8.03. The summed E-state index contributed by atoms with van der Waals surface area (Å²) in [5.41, 5.74) is 0. The molecule has 0 aliphatic rings. The van der Waals surface area contributed by atoms with Gasteiger partial charge in [-0.1, -0.05) is 189 Å². The summed E-state index contributed by atoms with van der Waals surface area (Å²) in [6.07, 6.45) is 41.3. The van der Waals surface area contributed by atoms with E-state index in [0.29, 0.717) is 19.8 Å². The standard InChI is InChI=1S/C67H112O3S6Si/c1-9-17-36-43-71-62-50-56-57-51-63(72-44-37-18-10-2)65(74-46-39-20-12-4)53-59(57)61-55-67(66(75-47-40-21-13-5)54-60(61)58(56)52-64(62)73-45-38-19-11-3)76-48-41-34-32-30-28-26-24-22-23-25-27-29-31-33-35-42-49-77(68-14-6,69-15-7)70-16-8/h50-55H,9-49H2,1-8H3. The lowest BCUT2D eigenvalue weighted by molar-refractivity contribution is 0.0706. The van der Waals surface area contributed by atoms with E-state index >= 15 is 0 Å². The van der Waals surface area contributed by atoms with Gasteiger partial charge >= 0.3 is 8.80 Å². The molecule has 77 heavy (non-hydrogen) atoms. The highest BCUT2D eigenvalue weighted by atomic mass is 32.2. The van der Waals surface area contributed by atoms with Gasteiger partial charge in [-0.3, -0.25) is 0 Å². The summed E-state index contributed by atoms with van der Waals surface area (Å²) in [5.74, 6) is 7.24. The van der Waals surface area contributed by atoms with E-state index in [0.717, 1.165) is 12.5 Å². The Morgan fingerprint density at radius 3 is 0.623 bits per heavy atom. The Balaban J connectivity index is 1.44. The van der Waals surface area contributed by atoms with Gasteiger partial charge in [-0.15, -0.1) is 70.6 Å². The predicted molar refractivity (Wildman–Crippen MR) is 360 cm³/mol. The van der Waals surface area contributed by atoms with Crippen LogP contribution in [0.25, 0.3) is 32.3 Å². The zero-order valence-electron chi connectivity index (χ0n) is 50.6. The summed E-state index contributed by atoms with van der Waals surface area (Å²) >= 11 is 12.8. The molecule has 0 saturated heterocycles. The van der Waals surface area contributed by atoms with Crippen molar-refractivity contribution in [3.63, 3.8) is 0 Å². The zero-order valence-corrected chi connectivity index (χ0v) is 56.5. The van der Waals surface area contributed by atoms with Crippen LogP contribution in [0.4, 0.5) is 0 Å². The first-order chi connectivity index (χ1) is 37.9. The van der Waals surface area contributed by atoms with E-state index in [-0.39, 0.29) is 0 Å². The number of rotatable bonds is 51. The van der Waals surface area contributed by atoms with Crippen LogP contribution in [-0.2, 0) is 13.3 Å². The fourth-order valence-electron chi connectivity index (χ4n) is 10.5. The van der Waals surface area contributed by atoms with Crippen molar-refractivity contribution < 1.29 is 13.3 Å². The van der Waals surface area contributed by atoms with E-state index < -0.39 is 8.80 Å². The molecule has 0 amide bonds. The monoisotopic (exact) mass is 1180 g/mol. The second-order valence-electron chi connectivity index (χ2n) is 21.5. The van der Waals surface area contributed by atoms with Crippen LogP contribution in [0.5, 0.6) is 0 Å². The molecule has 0 aromatic heterocycles. The third-order valence-corrected chi connectivity index (χ3v) is 25.3. The summed E-state index contributed by atoms with van der Waals surface area (Å²) in [4.78, 5) is 9.08. The Morgan fingerprint density at radius 1 is 0.247 bits per heavy atom. The molecule has 10 heteroatoms. The normalized spacial score (nSPS) is 12.2. The minimum Gasteiger partial charge on any atom is -0.374 e. The first kappa shape index (κ1) is 69.4. The van der Waals surface area contributed by atoms with Crippen LogP contribution in [0, 0.1) is 0 Å². The molecule has 0 bridgehead atoms. The van der Waals surface area contributed by atoms with E-state index in [2.05, 4.69) is 162 Å². The highest BCUT2D eigenvalue weighted by Gasteiger charge is 2.39. The molecule has 0 unspecified atom stereocenters. The molecule has 0 fully saturated rings. The summed E-state index contributed by atoms with van der Waals surface area (Å²) in [7, 11) is -2.47. The van der Waals surface area contributed by atoms with Crippen molar-refractivity contribution in [1.82, 2.24) is 0 Å². The first-order valence-corrected chi connectivity index (χ1v) is 40.0. The summed E-state index contributed by atoms with van der Waals surface area (Å²) in [5, 5.41) is 8.85. The summed E-state index contributed by atoms with van der Waals surface area (Å²) in [6, 6.07) is 16.9. The smallest absolute Gasteiger partial charge is 0.374 e. The highest BCUT2D eigenvalue weighted by Crippen LogP contribution is 2.48. The van der Waals surface area contributed by atoms with Gasteiger partial charge in [0, 0.05) is 55.2 Å². The predicted octanol–water partition coefficient (Wildman–Crippen LogP) is 24.9. The van der Waals surface area contributed by atoms with Gasteiger partial charge in [0.25, 0.3) is 0 Å². The molecule has 4 aromatic rings. The lowest BCUT2D eigenvalue weighted by Gasteiger charge is -2.28. The molecule has 438 valence electrons.